The zero-order chi connectivity index (χ0) is 15.0. The van der Waals surface area contributed by atoms with E-state index >= 15 is 0 Å². The summed E-state index contributed by atoms with van der Waals surface area (Å²) in [4.78, 5) is 16.4. The number of allylic oxidation sites excluding steroid dienone is 3. The van der Waals surface area contributed by atoms with Crippen molar-refractivity contribution in [2.24, 2.45) is 0 Å². The lowest BCUT2D eigenvalue weighted by Crippen LogP contribution is -2.16. The standard InChI is InChI=1S/C16H14Cl2N2O/c1-20-12(5-6-16(20)21)4-2-3-11-7-10-8-13(17)14(18)9-15(10)19-11/h2-4,7-9,19H,5-6H2,1H3. The number of H-pyrrole nitrogens is 1. The maximum absolute atomic E-state index is 11.4. The zero-order valence-corrected chi connectivity index (χ0v) is 13.0. The Bertz CT molecular complexity index is 735. The van der Waals surface area contributed by atoms with Crippen molar-refractivity contribution in [3.8, 4) is 0 Å². The molecule has 1 aromatic carbocycles. The Kier molecular flexibility index (Phi) is 3.79. The van der Waals surface area contributed by atoms with Crippen LogP contribution in [0, 0.1) is 0 Å². The first-order valence-electron chi connectivity index (χ1n) is 6.66. The summed E-state index contributed by atoms with van der Waals surface area (Å²) in [5, 5.41) is 2.10. The molecule has 108 valence electrons. The highest BCUT2D eigenvalue weighted by atomic mass is 35.5. The number of rotatable bonds is 2. The second-order valence-electron chi connectivity index (χ2n) is 5.05. The number of fused-ring (bicyclic) bond motifs is 1. The highest BCUT2D eigenvalue weighted by Gasteiger charge is 2.20. The SMILES string of the molecule is CN1C(=O)CCC1=CC=Cc1cc2cc(Cl)c(Cl)cc2[nH]1. The molecular weight excluding hydrogens is 307 g/mol. The molecule has 0 radical (unpaired) electrons. The minimum Gasteiger partial charge on any atom is -0.355 e. The van der Waals surface area contributed by atoms with E-state index in [1.807, 2.05) is 43.5 Å². The van der Waals surface area contributed by atoms with Gasteiger partial charge in [-0.2, -0.15) is 0 Å². The Morgan fingerprint density at radius 2 is 1.95 bits per heavy atom. The molecule has 2 heterocycles. The number of nitrogens with one attached hydrogen (secondary N) is 1. The van der Waals surface area contributed by atoms with Gasteiger partial charge in [-0.1, -0.05) is 29.3 Å². The molecule has 1 aliphatic heterocycles. The van der Waals surface area contributed by atoms with E-state index in [9.17, 15) is 4.79 Å². The Labute approximate surface area is 132 Å². The Morgan fingerprint density at radius 3 is 2.67 bits per heavy atom. The molecule has 0 saturated carbocycles. The van der Waals surface area contributed by atoms with E-state index in [-0.39, 0.29) is 5.91 Å². The number of halogens is 2. The van der Waals surface area contributed by atoms with E-state index < -0.39 is 0 Å². The van der Waals surface area contributed by atoms with E-state index in [4.69, 9.17) is 23.2 Å². The number of aromatic nitrogens is 1. The third-order valence-corrected chi connectivity index (χ3v) is 4.37. The van der Waals surface area contributed by atoms with Gasteiger partial charge in [0.25, 0.3) is 0 Å². The minimum absolute atomic E-state index is 0.171. The van der Waals surface area contributed by atoms with Crippen LogP contribution >= 0.6 is 23.2 Å². The maximum Gasteiger partial charge on any atom is 0.226 e. The number of likely N-dealkylation sites (tertiary alicyclic amines) is 1. The molecule has 1 N–H and O–H groups in total. The molecule has 3 nitrogen and oxygen atoms in total. The first kappa shape index (κ1) is 14.2. The summed E-state index contributed by atoms with van der Waals surface area (Å²) >= 11 is 12.0. The highest BCUT2D eigenvalue weighted by Crippen LogP contribution is 2.28. The van der Waals surface area contributed by atoms with Crippen molar-refractivity contribution in [1.82, 2.24) is 9.88 Å². The van der Waals surface area contributed by atoms with Crippen LogP contribution in [0.15, 0.2) is 36.0 Å². The first-order valence-corrected chi connectivity index (χ1v) is 7.42. The first-order chi connectivity index (χ1) is 10.0. The van der Waals surface area contributed by atoms with E-state index in [2.05, 4.69) is 4.98 Å². The average Bonchev–Trinajstić information content (AvgIpc) is 2.97. The third-order valence-electron chi connectivity index (χ3n) is 3.65. The lowest BCUT2D eigenvalue weighted by atomic mass is 10.2. The summed E-state index contributed by atoms with van der Waals surface area (Å²) in [6.07, 6.45) is 7.28. The van der Waals surface area contributed by atoms with Crippen molar-refractivity contribution in [3.63, 3.8) is 0 Å². The van der Waals surface area contributed by atoms with Gasteiger partial charge in [0.15, 0.2) is 0 Å². The Morgan fingerprint density at radius 1 is 1.19 bits per heavy atom. The summed E-state index contributed by atoms with van der Waals surface area (Å²) in [5.41, 5.74) is 2.95. The summed E-state index contributed by atoms with van der Waals surface area (Å²) in [6, 6.07) is 5.67. The van der Waals surface area contributed by atoms with Crippen LogP contribution in [0.2, 0.25) is 10.0 Å². The van der Waals surface area contributed by atoms with Crippen LogP contribution in [0.4, 0.5) is 0 Å². The van der Waals surface area contributed by atoms with Crippen molar-refractivity contribution >= 4 is 46.1 Å². The quantitative estimate of drug-likeness (QED) is 0.860. The second kappa shape index (κ2) is 5.58. The number of hydrogen-bond acceptors (Lipinski definition) is 1. The molecule has 1 amide bonds. The second-order valence-corrected chi connectivity index (χ2v) is 5.86. The summed E-state index contributed by atoms with van der Waals surface area (Å²) in [5.74, 6) is 0.171. The number of carbonyl (C=O) groups excluding carboxylic acids is 1. The van der Waals surface area contributed by atoms with Gasteiger partial charge in [-0.25, -0.2) is 0 Å². The van der Waals surface area contributed by atoms with Crippen molar-refractivity contribution in [2.45, 2.75) is 12.8 Å². The van der Waals surface area contributed by atoms with Crippen LogP contribution in [-0.2, 0) is 4.79 Å². The van der Waals surface area contributed by atoms with E-state index in [0.717, 1.165) is 28.7 Å². The van der Waals surface area contributed by atoms with Gasteiger partial charge in [0.2, 0.25) is 5.91 Å². The molecule has 0 spiro atoms. The predicted molar refractivity (Wildman–Crippen MR) is 87.4 cm³/mol. The van der Waals surface area contributed by atoms with Gasteiger partial charge >= 0.3 is 0 Å². The van der Waals surface area contributed by atoms with Crippen LogP contribution in [0.3, 0.4) is 0 Å². The number of hydrogen-bond donors (Lipinski definition) is 1. The van der Waals surface area contributed by atoms with E-state index in [1.54, 1.807) is 4.90 Å². The smallest absolute Gasteiger partial charge is 0.226 e. The van der Waals surface area contributed by atoms with Crippen molar-refractivity contribution in [2.75, 3.05) is 7.05 Å². The maximum atomic E-state index is 11.4. The van der Waals surface area contributed by atoms with Gasteiger partial charge in [-0.05, 0) is 36.8 Å². The zero-order valence-electron chi connectivity index (χ0n) is 11.5. The Hall–Kier alpha value is -1.71. The third kappa shape index (κ3) is 2.85. The average molecular weight is 321 g/mol. The fraction of sp³-hybridized carbons (Fsp3) is 0.188. The normalized spacial score (nSPS) is 17.8. The largest absolute Gasteiger partial charge is 0.355 e. The lowest BCUT2D eigenvalue weighted by molar-refractivity contribution is -0.125. The van der Waals surface area contributed by atoms with Gasteiger partial charge in [0.1, 0.15) is 0 Å². The predicted octanol–water partition coefficient (Wildman–Crippen LogP) is 4.62. The Balaban J connectivity index is 1.83. The molecule has 2 aromatic rings. The molecule has 1 saturated heterocycles. The number of benzene rings is 1. The monoisotopic (exact) mass is 320 g/mol. The molecule has 1 aromatic heterocycles. The van der Waals surface area contributed by atoms with Crippen LogP contribution in [0.25, 0.3) is 17.0 Å². The molecule has 0 atom stereocenters. The number of amides is 1. The number of carbonyl (C=O) groups is 1. The molecular formula is C16H14Cl2N2O. The number of nitrogens with zero attached hydrogens (tertiary/aromatic N) is 1. The van der Waals surface area contributed by atoms with Gasteiger partial charge in [0.05, 0.1) is 10.0 Å². The van der Waals surface area contributed by atoms with Crippen molar-refractivity contribution in [1.29, 1.82) is 0 Å². The molecule has 3 rings (SSSR count). The molecule has 21 heavy (non-hydrogen) atoms. The summed E-state index contributed by atoms with van der Waals surface area (Å²) in [6.45, 7) is 0. The van der Waals surface area contributed by atoms with Gasteiger partial charge in [-0.3, -0.25) is 4.79 Å². The molecule has 0 aliphatic carbocycles. The number of aromatic amines is 1. The molecule has 5 heteroatoms. The van der Waals surface area contributed by atoms with E-state index in [1.165, 1.54) is 0 Å². The minimum atomic E-state index is 0.171. The summed E-state index contributed by atoms with van der Waals surface area (Å²) < 4.78 is 0. The van der Waals surface area contributed by atoms with Crippen molar-refractivity contribution in [3.05, 3.63) is 51.8 Å². The fourth-order valence-electron chi connectivity index (χ4n) is 2.43. The molecule has 1 aliphatic rings. The lowest BCUT2D eigenvalue weighted by Gasteiger charge is -2.08. The molecule has 0 unspecified atom stereocenters. The van der Waals surface area contributed by atoms with Gasteiger partial charge < -0.3 is 9.88 Å². The molecule has 0 bridgehead atoms. The molecule has 1 fully saturated rings. The van der Waals surface area contributed by atoms with Crippen LogP contribution in [0.5, 0.6) is 0 Å². The van der Waals surface area contributed by atoms with Crippen molar-refractivity contribution < 1.29 is 4.79 Å². The van der Waals surface area contributed by atoms with Crippen LogP contribution < -0.4 is 0 Å². The summed E-state index contributed by atoms with van der Waals surface area (Å²) in [7, 11) is 1.81. The van der Waals surface area contributed by atoms with Crippen LogP contribution in [0.1, 0.15) is 18.5 Å². The van der Waals surface area contributed by atoms with E-state index in [0.29, 0.717) is 16.5 Å². The van der Waals surface area contributed by atoms with Crippen LogP contribution in [-0.4, -0.2) is 22.8 Å². The van der Waals surface area contributed by atoms with Gasteiger partial charge in [0, 0.05) is 35.8 Å². The van der Waals surface area contributed by atoms with Gasteiger partial charge in [-0.15, -0.1) is 0 Å². The fourth-order valence-corrected chi connectivity index (χ4v) is 2.76. The highest BCUT2D eigenvalue weighted by molar-refractivity contribution is 6.42. The topological polar surface area (TPSA) is 36.1 Å².